The lowest BCUT2D eigenvalue weighted by Gasteiger charge is -2.09. The third-order valence-corrected chi connectivity index (χ3v) is 6.75. The molecule has 0 spiro atoms. The van der Waals surface area contributed by atoms with E-state index in [9.17, 15) is 22.8 Å². The molecule has 0 aliphatic carbocycles. The van der Waals surface area contributed by atoms with Gasteiger partial charge in [-0.15, -0.1) is 0 Å². The summed E-state index contributed by atoms with van der Waals surface area (Å²) in [6, 6.07) is 12.4. The molecule has 11 heteroatoms. The van der Waals surface area contributed by atoms with E-state index in [0.717, 1.165) is 23.6 Å². The Labute approximate surface area is 187 Å². The SMILES string of the molecule is CC(=O)NS(=O)(=O)c1ccc(-c2ccc(C=C3SC(=O)N(Cc4ccco4)C3=O)o2)cc1. The van der Waals surface area contributed by atoms with Crippen molar-refractivity contribution >= 4 is 44.9 Å². The zero-order chi connectivity index (χ0) is 22.9. The van der Waals surface area contributed by atoms with E-state index in [4.69, 9.17) is 8.83 Å². The van der Waals surface area contributed by atoms with Crippen molar-refractivity contribution in [1.29, 1.82) is 0 Å². The first-order valence-electron chi connectivity index (χ1n) is 9.24. The summed E-state index contributed by atoms with van der Waals surface area (Å²) in [5.41, 5.74) is 0.595. The van der Waals surface area contributed by atoms with Gasteiger partial charge in [0.1, 0.15) is 17.3 Å². The molecule has 1 aliphatic heterocycles. The number of nitrogens with zero attached hydrogens (tertiary/aromatic N) is 1. The molecular formula is C21H16N2O7S2. The number of amides is 3. The summed E-state index contributed by atoms with van der Waals surface area (Å²) >= 11 is 0.809. The first kappa shape index (κ1) is 21.7. The molecule has 164 valence electrons. The lowest BCUT2D eigenvalue weighted by Crippen LogP contribution is -2.28. The fourth-order valence-corrected chi connectivity index (χ4v) is 4.76. The van der Waals surface area contributed by atoms with Crippen LogP contribution in [0.4, 0.5) is 4.79 Å². The van der Waals surface area contributed by atoms with Gasteiger partial charge in [0.25, 0.3) is 21.2 Å². The van der Waals surface area contributed by atoms with Crippen LogP contribution < -0.4 is 4.72 Å². The molecule has 0 saturated carbocycles. The van der Waals surface area contributed by atoms with E-state index in [-0.39, 0.29) is 16.3 Å². The third kappa shape index (κ3) is 4.53. The van der Waals surface area contributed by atoms with Crippen molar-refractivity contribution in [3.63, 3.8) is 0 Å². The van der Waals surface area contributed by atoms with Crippen molar-refractivity contribution in [3.8, 4) is 11.3 Å². The van der Waals surface area contributed by atoms with E-state index in [1.54, 1.807) is 24.3 Å². The van der Waals surface area contributed by atoms with Crippen LogP contribution in [-0.2, 0) is 26.2 Å². The number of rotatable bonds is 6. The summed E-state index contributed by atoms with van der Waals surface area (Å²) in [5, 5.41) is -0.402. The highest BCUT2D eigenvalue weighted by Gasteiger charge is 2.35. The molecule has 32 heavy (non-hydrogen) atoms. The Hall–Kier alpha value is -3.57. The fraction of sp³-hybridized carbons (Fsp3) is 0.0952. The molecule has 3 heterocycles. The standard InChI is InChI=1S/C21H16N2O7S2/c1-13(24)22-32(27,28)17-7-4-14(5-8-17)18-9-6-15(30-18)11-19-20(25)23(21(26)31-19)12-16-3-2-10-29-16/h2-11H,12H2,1H3,(H,22,24). The molecule has 0 radical (unpaired) electrons. The van der Waals surface area contributed by atoms with E-state index in [2.05, 4.69) is 0 Å². The van der Waals surface area contributed by atoms with Gasteiger partial charge in [0.2, 0.25) is 5.91 Å². The second-order valence-electron chi connectivity index (χ2n) is 6.74. The minimum atomic E-state index is -3.93. The van der Waals surface area contributed by atoms with Crippen LogP contribution in [-0.4, -0.2) is 30.4 Å². The maximum atomic E-state index is 12.6. The van der Waals surface area contributed by atoms with E-state index in [1.807, 2.05) is 4.72 Å². The molecule has 0 bridgehead atoms. The summed E-state index contributed by atoms with van der Waals surface area (Å²) in [6.45, 7) is 1.16. The second-order valence-corrected chi connectivity index (χ2v) is 9.41. The molecule has 1 fully saturated rings. The Bertz CT molecular complexity index is 1320. The average molecular weight is 473 g/mol. The van der Waals surface area contributed by atoms with Gasteiger partial charge >= 0.3 is 0 Å². The Morgan fingerprint density at radius 2 is 1.88 bits per heavy atom. The summed E-state index contributed by atoms with van der Waals surface area (Å²) in [7, 11) is -3.93. The van der Waals surface area contributed by atoms with E-state index in [0.29, 0.717) is 22.8 Å². The predicted molar refractivity (Wildman–Crippen MR) is 115 cm³/mol. The molecule has 3 amide bonds. The predicted octanol–water partition coefficient (Wildman–Crippen LogP) is 3.60. The van der Waals surface area contributed by atoms with Gasteiger partial charge in [-0.25, -0.2) is 13.1 Å². The molecule has 1 N–H and O–H groups in total. The van der Waals surface area contributed by atoms with Crippen molar-refractivity contribution in [2.24, 2.45) is 0 Å². The van der Waals surface area contributed by atoms with Crippen molar-refractivity contribution in [3.05, 3.63) is 71.2 Å². The number of carbonyl (C=O) groups excluding carboxylic acids is 3. The minimum Gasteiger partial charge on any atom is -0.467 e. The van der Waals surface area contributed by atoms with Crippen LogP contribution >= 0.6 is 11.8 Å². The van der Waals surface area contributed by atoms with Gasteiger partial charge in [0, 0.05) is 18.6 Å². The number of hydrogen-bond donors (Lipinski definition) is 1. The Morgan fingerprint density at radius 3 is 2.53 bits per heavy atom. The van der Waals surface area contributed by atoms with Gasteiger partial charge in [-0.3, -0.25) is 19.3 Å². The molecule has 2 aromatic heterocycles. The number of hydrogen-bond acceptors (Lipinski definition) is 8. The minimum absolute atomic E-state index is 0.0478. The van der Waals surface area contributed by atoms with Crippen LogP contribution in [0.5, 0.6) is 0 Å². The second kappa shape index (κ2) is 8.52. The largest absolute Gasteiger partial charge is 0.467 e. The number of benzene rings is 1. The summed E-state index contributed by atoms with van der Waals surface area (Å²) < 4.78 is 36.9. The van der Waals surface area contributed by atoms with Crippen molar-refractivity contribution in [2.45, 2.75) is 18.4 Å². The first-order valence-corrected chi connectivity index (χ1v) is 11.5. The fourth-order valence-electron chi connectivity index (χ4n) is 2.96. The molecule has 1 aromatic carbocycles. The van der Waals surface area contributed by atoms with Crippen molar-refractivity contribution in [1.82, 2.24) is 9.62 Å². The maximum absolute atomic E-state index is 12.6. The number of furan rings is 2. The van der Waals surface area contributed by atoms with Crippen LogP contribution in [0.1, 0.15) is 18.4 Å². The Kier molecular flexibility index (Phi) is 5.76. The van der Waals surface area contributed by atoms with Crippen LogP contribution in [0.2, 0.25) is 0 Å². The lowest BCUT2D eigenvalue weighted by atomic mass is 10.2. The maximum Gasteiger partial charge on any atom is 0.293 e. The van der Waals surface area contributed by atoms with Gasteiger partial charge in [-0.2, -0.15) is 0 Å². The van der Waals surface area contributed by atoms with Crippen molar-refractivity contribution in [2.75, 3.05) is 0 Å². The first-order chi connectivity index (χ1) is 15.2. The molecule has 0 unspecified atom stereocenters. The highest BCUT2D eigenvalue weighted by Crippen LogP contribution is 2.34. The number of imide groups is 1. The van der Waals surface area contributed by atoms with Crippen LogP contribution in [0.25, 0.3) is 17.4 Å². The summed E-state index contributed by atoms with van der Waals surface area (Å²) in [5.74, 6) is 0.172. The number of nitrogens with one attached hydrogen (secondary N) is 1. The monoisotopic (exact) mass is 472 g/mol. The third-order valence-electron chi connectivity index (χ3n) is 4.40. The Morgan fingerprint density at radius 1 is 1.12 bits per heavy atom. The smallest absolute Gasteiger partial charge is 0.293 e. The molecular weight excluding hydrogens is 456 g/mol. The molecule has 9 nitrogen and oxygen atoms in total. The van der Waals surface area contributed by atoms with E-state index >= 15 is 0 Å². The highest BCUT2D eigenvalue weighted by molar-refractivity contribution is 8.18. The van der Waals surface area contributed by atoms with Crippen LogP contribution in [0, 0.1) is 0 Å². The van der Waals surface area contributed by atoms with Crippen LogP contribution in [0.15, 0.2) is 73.4 Å². The molecule has 0 atom stereocenters. The van der Waals surface area contributed by atoms with E-state index < -0.39 is 27.1 Å². The number of carbonyl (C=O) groups is 3. The van der Waals surface area contributed by atoms with Gasteiger partial charge in [0.15, 0.2) is 0 Å². The highest BCUT2D eigenvalue weighted by atomic mass is 32.2. The zero-order valence-electron chi connectivity index (χ0n) is 16.6. The quantitative estimate of drug-likeness (QED) is 0.539. The van der Waals surface area contributed by atoms with Gasteiger partial charge in [-0.1, -0.05) is 0 Å². The zero-order valence-corrected chi connectivity index (χ0v) is 18.2. The summed E-state index contributed by atoms with van der Waals surface area (Å²) in [4.78, 5) is 37.1. The van der Waals surface area contributed by atoms with Gasteiger partial charge in [-0.05, 0) is 60.3 Å². The topological polar surface area (TPSA) is 127 Å². The van der Waals surface area contributed by atoms with Gasteiger partial charge < -0.3 is 8.83 Å². The number of sulfonamides is 1. The molecule has 1 aliphatic rings. The van der Waals surface area contributed by atoms with Crippen LogP contribution in [0.3, 0.4) is 0 Å². The molecule has 3 aromatic rings. The van der Waals surface area contributed by atoms with Gasteiger partial charge in [0.05, 0.1) is 22.6 Å². The molecule has 1 saturated heterocycles. The lowest BCUT2D eigenvalue weighted by molar-refractivity contribution is -0.123. The molecule has 4 rings (SSSR count). The Balaban J connectivity index is 1.50. The number of thioether (sulfide) groups is 1. The normalized spacial score (nSPS) is 15.5. The van der Waals surface area contributed by atoms with Crippen molar-refractivity contribution < 1.29 is 31.6 Å². The summed E-state index contributed by atoms with van der Waals surface area (Å²) in [6.07, 6.45) is 2.95. The van der Waals surface area contributed by atoms with E-state index in [1.165, 1.54) is 36.6 Å². The average Bonchev–Trinajstić information content (AvgIpc) is 3.46.